The third kappa shape index (κ3) is 5.55. The van der Waals surface area contributed by atoms with Crippen molar-refractivity contribution in [2.75, 3.05) is 11.9 Å². The maximum absolute atomic E-state index is 13.6. The summed E-state index contributed by atoms with van der Waals surface area (Å²) < 4.78 is 13.6. The number of halogens is 1. The van der Waals surface area contributed by atoms with Crippen LogP contribution >= 0.6 is 12.2 Å². The van der Waals surface area contributed by atoms with Gasteiger partial charge in [-0.15, -0.1) is 0 Å². The van der Waals surface area contributed by atoms with Crippen LogP contribution in [-0.4, -0.2) is 11.5 Å². The van der Waals surface area contributed by atoms with Crippen LogP contribution in [0.25, 0.3) is 0 Å². The minimum atomic E-state index is -0.361. The average Bonchev–Trinajstić information content (AvgIpc) is 2.37. The number of thiocarbonyl (C=S) groups is 1. The molecule has 0 radical (unpaired) electrons. The van der Waals surface area contributed by atoms with Crippen LogP contribution < -0.4 is 11.1 Å². The molecule has 4 heteroatoms. The fourth-order valence-electron chi connectivity index (χ4n) is 2.05. The summed E-state index contributed by atoms with van der Waals surface area (Å²) in [6, 6.07) is 4.86. The van der Waals surface area contributed by atoms with E-state index < -0.39 is 0 Å². The normalized spacial score (nSPS) is 10.4. The molecule has 19 heavy (non-hydrogen) atoms. The molecule has 0 aliphatic heterocycles. The second kappa shape index (κ2) is 8.86. The second-order valence-corrected chi connectivity index (χ2v) is 5.16. The Morgan fingerprint density at radius 3 is 2.58 bits per heavy atom. The predicted molar refractivity (Wildman–Crippen MR) is 84.2 cm³/mol. The van der Waals surface area contributed by atoms with Crippen LogP contribution in [0.3, 0.4) is 0 Å². The van der Waals surface area contributed by atoms with E-state index in [1.165, 1.54) is 38.2 Å². The van der Waals surface area contributed by atoms with E-state index in [2.05, 4.69) is 12.2 Å². The fraction of sp³-hybridized carbons (Fsp3) is 0.533. The number of nitrogens with one attached hydrogen (secondary N) is 1. The first-order valence-corrected chi connectivity index (χ1v) is 7.39. The van der Waals surface area contributed by atoms with Gasteiger partial charge in [0.2, 0.25) is 0 Å². The largest absolute Gasteiger partial charge is 0.389 e. The predicted octanol–water partition coefficient (Wildman–Crippen LogP) is 4.23. The summed E-state index contributed by atoms with van der Waals surface area (Å²) in [5.41, 5.74) is 6.57. The average molecular weight is 282 g/mol. The first-order valence-electron chi connectivity index (χ1n) is 6.99. The van der Waals surface area contributed by atoms with Gasteiger partial charge in [0.15, 0.2) is 0 Å². The summed E-state index contributed by atoms with van der Waals surface area (Å²) in [4.78, 5) is 0.101. The molecule has 0 unspecified atom stereocenters. The van der Waals surface area contributed by atoms with Crippen LogP contribution in [0.4, 0.5) is 10.1 Å². The monoisotopic (exact) mass is 282 g/mol. The smallest absolute Gasteiger partial charge is 0.135 e. The van der Waals surface area contributed by atoms with E-state index in [0.717, 1.165) is 13.0 Å². The number of anilines is 1. The maximum Gasteiger partial charge on any atom is 0.135 e. The topological polar surface area (TPSA) is 38.0 Å². The van der Waals surface area contributed by atoms with Crippen molar-refractivity contribution >= 4 is 22.9 Å². The molecule has 1 aromatic rings. The number of benzene rings is 1. The molecule has 0 aliphatic rings. The van der Waals surface area contributed by atoms with Gasteiger partial charge in [-0.2, -0.15) is 0 Å². The lowest BCUT2D eigenvalue weighted by atomic mass is 10.1. The lowest BCUT2D eigenvalue weighted by Crippen LogP contribution is -2.15. The third-order valence-electron chi connectivity index (χ3n) is 3.11. The molecule has 0 aliphatic carbocycles. The molecule has 0 heterocycles. The summed E-state index contributed by atoms with van der Waals surface area (Å²) in [5, 5.41) is 3.22. The van der Waals surface area contributed by atoms with Crippen molar-refractivity contribution in [3.05, 3.63) is 29.6 Å². The van der Waals surface area contributed by atoms with Crippen LogP contribution in [0, 0.1) is 5.82 Å². The highest BCUT2D eigenvalue weighted by atomic mass is 32.1. The number of unbranched alkanes of at least 4 members (excludes halogenated alkanes) is 5. The summed E-state index contributed by atoms with van der Waals surface area (Å²) in [7, 11) is 0. The Kier molecular flexibility index (Phi) is 7.41. The molecule has 0 amide bonds. The van der Waals surface area contributed by atoms with E-state index in [9.17, 15) is 4.39 Å². The van der Waals surface area contributed by atoms with Gasteiger partial charge >= 0.3 is 0 Å². The Labute approximate surface area is 120 Å². The molecule has 0 bridgehead atoms. The van der Waals surface area contributed by atoms with Crippen LogP contribution in [0.5, 0.6) is 0 Å². The summed E-state index contributed by atoms with van der Waals surface area (Å²) in [6.45, 7) is 3.04. The summed E-state index contributed by atoms with van der Waals surface area (Å²) >= 11 is 4.88. The van der Waals surface area contributed by atoms with Crippen LogP contribution in [0.15, 0.2) is 18.2 Å². The van der Waals surface area contributed by atoms with Gasteiger partial charge in [0, 0.05) is 12.2 Å². The van der Waals surface area contributed by atoms with Crippen LogP contribution in [0.1, 0.15) is 51.0 Å². The first kappa shape index (κ1) is 15.9. The zero-order valence-corrected chi connectivity index (χ0v) is 12.4. The van der Waals surface area contributed by atoms with E-state index in [4.69, 9.17) is 18.0 Å². The maximum atomic E-state index is 13.6. The van der Waals surface area contributed by atoms with Crippen molar-refractivity contribution in [3.63, 3.8) is 0 Å². The molecular weight excluding hydrogens is 259 g/mol. The lowest BCUT2D eigenvalue weighted by molar-refractivity contribution is 0.615. The van der Waals surface area contributed by atoms with Gasteiger partial charge in [-0.05, 0) is 18.6 Å². The van der Waals surface area contributed by atoms with Crippen molar-refractivity contribution in [3.8, 4) is 0 Å². The molecule has 1 aromatic carbocycles. The zero-order valence-electron chi connectivity index (χ0n) is 11.5. The highest BCUT2D eigenvalue weighted by molar-refractivity contribution is 7.80. The van der Waals surface area contributed by atoms with Gasteiger partial charge in [-0.3, -0.25) is 0 Å². The van der Waals surface area contributed by atoms with Crippen molar-refractivity contribution in [1.29, 1.82) is 0 Å². The van der Waals surface area contributed by atoms with E-state index >= 15 is 0 Å². The highest BCUT2D eigenvalue weighted by Gasteiger charge is 2.10. The summed E-state index contributed by atoms with van der Waals surface area (Å²) in [5.74, 6) is -0.361. The Morgan fingerprint density at radius 1 is 1.21 bits per heavy atom. The highest BCUT2D eigenvalue weighted by Crippen LogP contribution is 2.19. The van der Waals surface area contributed by atoms with Gasteiger partial charge in [0.1, 0.15) is 10.8 Å². The molecule has 0 spiro atoms. The molecule has 1 rings (SSSR count). The molecule has 0 saturated heterocycles. The van der Waals surface area contributed by atoms with E-state index in [-0.39, 0.29) is 10.8 Å². The van der Waals surface area contributed by atoms with E-state index in [0.29, 0.717) is 11.3 Å². The Balaban J connectivity index is 2.37. The van der Waals surface area contributed by atoms with Gasteiger partial charge < -0.3 is 11.1 Å². The van der Waals surface area contributed by atoms with Crippen molar-refractivity contribution in [2.45, 2.75) is 45.4 Å². The molecule has 3 N–H and O–H groups in total. The molecule has 0 aromatic heterocycles. The summed E-state index contributed by atoms with van der Waals surface area (Å²) in [6.07, 6.45) is 7.42. The minimum Gasteiger partial charge on any atom is -0.389 e. The number of hydrogen-bond acceptors (Lipinski definition) is 2. The Bertz CT molecular complexity index is 407. The minimum absolute atomic E-state index is 0.101. The van der Waals surface area contributed by atoms with Gasteiger partial charge in [0.05, 0.1) is 5.56 Å². The van der Waals surface area contributed by atoms with E-state index in [1.54, 1.807) is 6.07 Å². The molecule has 0 fully saturated rings. The third-order valence-corrected chi connectivity index (χ3v) is 3.31. The van der Waals surface area contributed by atoms with Crippen molar-refractivity contribution in [1.82, 2.24) is 0 Å². The zero-order chi connectivity index (χ0) is 14.1. The molecular formula is C15H23FN2S. The standard InChI is InChI=1S/C15H23FN2S/c1-2-3-4-5-6-7-11-18-13-10-8-9-12(16)14(13)15(17)19/h8-10,18H,2-7,11H2,1H3,(H2,17,19). The SMILES string of the molecule is CCCCCCCCNc1cccc(F)c1C(N)=S. The van der Waals surface area contributed by atoms with Gasteiger partial charge in [0.25, 0.3) is 0 Å². The molecule has 0 saturated carbocycles. The Morgan fingerprint density at radius 2 is 1.89 bits per heavy atom. The van der Waals surface area contributed by atoms with Crippen LogP contribution in [0.2, 0.25) is 0 Å². The van der Waals surface area contributed by atoms with Crippen molar-refractivity contribution < 1.29 is 4.39 Å². The first-order chi connectivity index (χ1) is 9.16. The molecule has 106 valence electrons. The van der Waals surface area contributed by atoms with E-state index in [1.807, 2.05) is 6.07 Å². The molecule has 2 nitrogen and oxygen atoms in total. The number of rotatable bonds is 9. The molecule has 0 atom stereocenters. The van der Waals surface area contributed by atoms with Crippen LogP contribution in [-0.2, 0) is 0 Å². The van der Waals surface area contributed by atoms with Crippen molar-refractivity contribution in [2.24, 2.45) is 5.73 Å². The van der Waals surface area contributed by atoms with Gasteiger partial charge in [-0.25, -0.2) is 4.39 Å². The number of hydrogen-bond donors (Lipinski definition) is 2. The fourth-order valence-corrected chi connectivity index (χ4v) is 2.26. The lowest BCUT2D eigenvalue weighted by Gasteiger charge is -2.11. The second-order valence-electron chi connectivity index (χ2n) is 4.72. The Hall–Kier alpha value is -1.16. The number of nitrogens with two attached hydrogens (primary N) is 1. The van der Waals surface area contributed by atoms with Gasteiger partial charge in [-0.1, -0.05) is 57.3 Å². The quantitative estimate of drug-likeness (QED) is 0.526.